The number of hydrogen-bond donors (Lipinski definition) is 0. The number of carbonyl (C=O) groups is 2. The van der Waals surface area contributed by atoms with E-state index >= 15 is 0 Å². The first-order chi connectivity index (χ1) is 14.0. The molecule has 0 N–H and O–H groups in total. The molecule has 0 aliphatic carbocycles. The van der Waals surface area contributed by atoms with Gasteiger partial charge in [0.15, 0.2) is 10.9 Å². The number of ether oxygens (including phenoxy) is 3. The zero-order valence-electron chi connectivity index (χ0n) is 16.7. The highest BCUT2D eigenvalue weighted by molar-refractivity contribution is 7.98. The summed E-state index contributed by atoms with van der Waals surface area (Å²) in [6, 6.07) is 9.24. The molecule has 0 aliphatic rings. The van der Waals surface area contributed by atoms with Crippen molar-refractivity contribution in [3.8, 4) is 5.75 Å². The van der Waals surface area contributed by atoms with Crippen LogP contribution < -0.4 is 10.3 Å². The van der Waals surface area contributed by atoms with Gasteiger partial charge < -0.3 is 14.2 Å². The highest BCUT2D eigenvalue weighted by atomic mass is 32.2. The smallest absolute Gasteiger partial charge is 0.361 e. The molecular formula is C20H24N2O6S. The minimum atomic E-state index is -0.736. The molecular weight excluding hydrogens is 396 g/mol. The van der Waals surface area contributed by atoms with Crippen molar-refractivity contribution in [3.05, 3.63) is 51.9 Å². The van der Waals surface area contributed by atoms with Crippen LogP contribution in [0, 0.1) is 0 Å². The van der Waals surface area contributed by atoms with Gasteiger partial charge in [0.05, 0.1) is 19.6 Å². The first-order valence-electron chi connectivity index (χ1n) is 9.20. The summed E-state index contributed by atoms with van der Waals surface area (Å²) in [5.74, 6) is -1.36. The Morgan fingerprint density at radius 1 is 1.10 bits per heavy atom. The molecule has 9 heteroatoms. The maximum atomic E-state index is 13.1. The van der Waals surface area contributed by atoms with Crippen LogP contribution in [0.3, 0.4) is 0 Å². The number of carbonyl (C=O) groups excluding carboxylic acids is 2. The molecule has 0 unspecified atom stereocenters. The molecule has 1 aromatic heterocycles. The predicted octanol–water partition coefficient (Wildman–Crippen LogP) is 2.67. The molecule has 0 amide bonds. The Morgan fingerprint density at radius 2 is 1.79 bits per heavy atom. The van der Waals surface area contributed by atoms with Crippen LogP contribution in [0.2, 0.25) is 0 Å². The van der Waals surface area contributed by atoms with Crippen molar-refractivity contribution in [1.82, 2.24) is 9.55 Å². The second-order valence-corrected chi connectivity index (χ2v) is 6.56. The van der Waals surface area contributed by atoms with E-state index in [1.165, 1.54) is 16.3 Å². The molecule has 0 spiro atoms. The Bertz CT molecular complexity index is 898. The maximum absolute atomic E-state index is 13.1. The van der Waals surface area contributed by atoms with Crippen molar-refractivity contribution in [1.29, 1.82) is 0 Å². The molecule has 0 fully saturated rings. The summed E-state index contributed by atoms with van der Waals surface area (Å²) in [7, 11) is 0. The molecule has 2 aromatic rings. The molecule has 0 radical (unpaired) electrons. The summed E-state index contributed by atoms with van der Waals surface area (Å²) < 4.78 is 17.0. The highest BCUT2D eigenvalue weighted by Crippen LogP contribution is 2.20. The van der Waals surface area contributed by atoms with Gasteiger partial charge in [-0.1, -0.05) is 42.1 Å². The first-order valence-corrected chi connectivity index (χ1v) is 10.4. The van der Waals surface area contributed by atoms with E-state index < -0.39 is 17.5 Å². The van der Waals surface area contributed by atoms with Gasteiger partial charge >= 0.3 is 11.9 Å². The van der Waals surface area contributed by atoms with E-state index in [0.29, 0.717) is 0 Å². The van der Waals surface area contributed by atoms with Crippen LogP contribution in [-0.4, -0.2) is 41.0 Å². The first kappa shape index (κ1) is 22.5. The molecule has 2 rings (SSSR count). The van der Waals surface area contributed by atoms with Gasteiger partial charge in [-0.15, -0.1) is 0 Å². The molecule has 0 aliphatic heterocycles. The minimum Gasteiger partial charge on any atom is -0.481 e. The fraction of sp³-hybridized carbons (Fsp3) is 0.400. The highest BCUT2D eigenvalue weighted by Gasteiger charge is 2.24. The summed E-state index contributed by atoms with van der Waals surface area (Å²) in [6.07, 6.45) is 1.72. The van der Waals surface area contributed by atoms with Crippen molar-refractivity contribution in [2.75, 3.05) is 19.5 Å². The van der Waals surface area contributed by atoms with E-state index in [4.69, 9.17) is 14.2 Å². The number of nitrogens with zero attached hydrogens (tertiary/aromatic N) is 2. The van der Waals surface area contributed by atoms with E-state index in [-0.39, 0.29) is 49.4 Å². The van der Waals surface area contributed by atoms with E-state index in [1.807, 2.05) is 30.3 Å². The van der Waals surface area contributed by atoms with Crippen LogP contribution in [0.1, 0.15) is 36.3 Å². The number of rotatable bonds is 10. The summed E-state index contributed by atoms with van der Waals surface area (Å²) in [5, 5.41) is 0.286. The van der Waals surface area contributed by atoms with Gasteiger partial charge in [0.25, 0.3) is 5.56 Å². The van der Waals surface area contributed by atoms with Crippen LogP contribution in [0.15, 0.2) is 40.3 Å². The molecule has 1 aromatic carbocycles. The van der Waals surface area contributed by atoms with Gasteiger partial charge in [-0.2, -0.15) is 0 Å². The molecule has 29 heavy (non-hydrogen) atoms. The Balaban J connectivity index is 2.42. The molecule has 0 saturated heterocycles. The summed E-state index contributed by atoms with van der Waals surface area (Å²) in [6.45, 7) is 3.92. The zero-order valence-corrected chi connectivity index (χ0v) is 17.5. The quantitative estimate of drug-likeness (QED) is 0.329. The van der Waals surface area contributed by atoms with Gasteiger partial charge in [-0.05, 0) is 25.7 Å². The fourth-order valence-electron chi connectivity index (χ4n) is 2.50. The van der Waals surface area contributed by atoms with Crippen LogP contribution in [0.25, 0.3) is 0 Å². The van der Waals surface area contributed by atoms with Gasteiger partial charge in [0.2, 0.25) is 5.75 Å². The van der Waals surface area contributed by atoms with Crippen LogP contribution in [0.4, 0.5) is 0 Å². The Labute approximate surface area is 173 Å². The van der Waals surface area contributed by atoms with E-state index in [0.717, 1.165) is 5.56 Å². The molecule has 0 bridgehead atoms. The Hall–Kier alpha value is -2.81. The van der Waals surface area contributed by atoms with E-state index in [1.54, 1.807) is 20.1 Å². The second-order valence-electron chi connectivity index (χ2n) is 5.78. The van der Waals surface area contributed by atoms with Crippen LogP contribution >= 0.6 is 11.8 Å². The number of hydrogen-bond acceptors (Lipinski definition) is 8. The van der Waals surface area contributed by atoms with Gasteiger partial charge in [0.1, 0.15) is 6.61 Å². The SMILES string of the molecule is CCOC(=O)CCn1c(SC)nc(C(=O)OCC)c(OCc2ccccc2)c1=O. The van der Waals surface area contributed by atoms with Crippen molar-refractivity contribution in [2.45, 2.75) is 38.6 Å². The fourth-order valence-corrected chi connectivity index (χ4v) is 3.08. The number of thioether (sulfide) groups is 1. The molecule has 156 valence electrons. The number of aromatic nitrogens is 2. The lowest BCUT2D eigenvalue weighted by atomic mass is 10.2. The van der Waals surface area contributed by atoms with Crippen molar-refractivity contribution < 1.29 is 23.8 Å². The van der Waals surface area contributed by atoms with Crippen molar-refractivity contribution >= 4 is 23.7 Å². The lowest BCUT2D eigenvalue weighted by Crippen LogP contribution is -2.29. The molecule has 0 atom stereocenters. The van der Waals surface area contributed by atoms with E-state index in [2.05, 4.69) is 4.98 Å². The lowest BCUT2D eigenvalue weighted by molar-refractivity contribution is -0.143. The Kier molecular flexibility index (Phi) is 8.72. The largest absolute Gasteiger partial charge is 0.481 e. The van der Waals surface area contributed by atoms with Crippen LogP contribution in [-0.2, 0) is 27.4 Å². The third-order valence-electron chi connectivity index (χ3n) is 3.82. The van der Waals surface area contributed by atoms with Crippen LogP contribution in [0.5, 0.6) is 5.75 Å². The Morgan fingerprint density at radius 3 is 2.41 bits per heavy atom. The number of benzene rings is 1. The standard InChI is InChI=1S/C20H24N2O6S/c1-4-26-15(23)11-12-22-18(24)17(28-13-14-9-7-6-8-10-14)16(19(25)27-5-2)21-20(22)29-3/h6-10H,4-5,11-13H2,1-3H3. The molecule has 1 heterocycles. The molecule has 0 saturated carbocycles. The molecule has 8 nitrogen and oxygen atoms in total. The maximum Gasteiger partial charge on any atom is 0.361 e. The third-order valence-corrected chi connectivity index (χ3v) is 4.49. The van der Waals surface area contributed by atoms with Crippen molar-refractivity contribution in [3.63, 3.8) is 0 Å². The average molecular weight is 420 g/mol. The van der Waals surface area contributed by atoms with Gasteiger partial charge in [-0.3, -0.25) is 14.2 Å². The third kappa shape index (κ3) is 6.08. The zero-order chi connectivity index (χ0) is 21.2. The predicted molar refractivity (Wildman–Crippen MR) is 108 cm³/mol. The normalized spacial score (nSPS) is 10.4. The summed E-state index contributed by atoms with van der Waals surface area (Å²) in [5.41, 5.74) is 0.103. The van der Waals surface area contributed by atoms with Crippen molar-refractivity contribution in [2.24, 2.45) is 0 Å². The topological polar surface area (TPSA) is 96.7 Å². The minimum absolute atomic E-state index is 0.000134. The monoisotopic (exact) mass is 420 g/mol. The van der Waals surface area contributed by atoms with Gasteiger partial charge in [-0.25, -0.2) is 9.78 Å². The second kappa shape index (κ2) is 11.3. The lowest BCUT2D eigenvalue weighted by Gasteiger charge is -2.15. The average Bonchev–Trinajstić information content (AvgIpc) is 2.72. The summed E-state index contributed by atoms with van der Waals surface area (Å²) in [4.78, 5) is 41.5. The van der Waals surface area contributed by atoms with Gasteiger partial charge in [0, 0.05) is 6.54 Å². The number of esters is 2. The summed E-state index contributed by atoms with van der Waals surface area (Å²) >= 11 is 1.18. The van der Waals surface area contributed by atoms with E-state index in [9.17, 15) is 14.4 Å².